The highest BCUT2D eigenvalue weighted by molar-refractivity contribution is 5.78. The predicted octanol–water partition coefficient (Wildman–Crippen LogP) is 1.68. The molecule has 1 aromatic carbocycles. The zero-order chi connectivity index (χ0) is 15.1. The lowest BCUT2D eigenvalue weighted by molar-refractivity contribution is -0.121. The molecule has 116 valence electrons. The van der Waals surface area contributed by atoms with Crippen molar-refractivity contribution in [3.63, 3.8) is 0 Å². The topological polar surface area (TPSA) is 58.4 Å². The first-order valence-electron chi connectivity index (χ1n) is 8.01. The van der Waals surface area contributed by atoms with Crippen molar-refractivity contribution in [2.75, 3.05) is 19.6 Å². The Morgan fingerprint density at radius 1 is 1.24 bits per heavy atom. The number of likely N-dealkylation sites (tertiary alicyclic amines) is 1. The summed E-state index contributed by atoms with van der Waals surface area (Å²) in [6.45, 7) is 6.13. The van der Waals surface area contributed by atoms with Crippen LogP contribution in [0.25, 0.3) is 0 Å². The second-order valence-corrected chi connectivity index (χ2v) is 5.88. The molecule has 3 N–H and O–H groups in total. The lowest BCUT2D eigenvalue weighted by Crippen LogP contribution is -2.45. The van der Waals surface area contributed by atoms with E-state index in [2.05, 4.69) is 17.1 Å². The summed E-state index contributed by atoms with van der Waals surface area (Å²) in [7, 11) is 0. The number of hydrogen-bond donors (Lipinski definition) is 2. The van der Waals surface area contributed by atoms with E-state index in [0.717, 1.165) is 37.1 Å². The number of nitrogens with zero attached hydrogens (tertiary/aromatic N) is 1. The zero-order valence-electron chi connectivity index (χ0n) is 13.0. The van der Waals surface area contributed by atoms with Crippen LogP contribution in [-0.4, -0.2) is 36.5 Å². The Bertz CT molecular complexity index is 436. The molecule has 1 aromatic rings. The van der Waals surface area contributed by atoms with Crippen LogP contribution < -0.4 is 11.1 Å². The van der Waals surface area contributed by atoms with E-state index < -0.39 is 0 Å². The van der Waals surface area contributed by atoms with E-state index in [-0.39, 0.29) is 5.91 Å². The number of rotatable bonds is 6. The summed E-state index contributed by atoms with van der Waals surface area (Å²) in [5.41, 5.74) is 7.72. The van der Waals surface area contributed by atoms with Gasteiger partial charge < -0.3 is 16.0 Å². The van der Waals surface area contributed by atoms with Crippen molar-refractivity contribution in [3.05, 3.63) is 35.4 Å². The molecule has 0 aromatic heterocycles. The summed E-state index contributed by atoms with van der Waals surface area (Å²) in [5.74, 6) is 0.129. The zero-order valence-corrected chi connectivity index (χ0v) is 13.0. The summed E-state index contributed by atoms with van der Waals surface area (Å²) in [5, 5.41) is 3.17. The van der Waals surface area contributed by atoms with Crippen LogP contribution in [0.15, 0.2) is 24.3 Å². The van der Waals surface area contributed by atoms with Gasteiger partial charge in [0, 0.05) is 25.7 Å². The Morgan fingerprint density at radius 3 is 2.43 bits per heavy atom. The van der Waals surface area contributed by atoms with E-state index in [1.165, 1.54) is 13.0 Å². The molecule has 2 rings (SSSR count). The SMILES string of the molecule is CCCN1CCC(NC(=O)Cc2ccc(CN)cc2)CC1. The van der Waals surface area contributed by atoms with E-state index in [1.54, 1.807) is 0 Å². The Labute approximate surface area is 127 Å². The maximum Gasteiger partial charge on any atom is 0.224 e. The number of amides is 1. The molecule has 0 aliphatic carbocycles. The van der Waals surface area contributed by atoms with Crippen molar-refractivity contribution >= 4 is 5.91 Å². The first-order chi connectivity index (χ1) is 10.2. The van der Waals surface area contributed by atoms with Gasteiger partial charge in [-0.05, 0) is 36.9 Å². The highest BCUT2D eigenvalue weighted by Crippen LogP contribution is 2.11. The van der Waals surface area contributed by atoms with Crippen LogP contribution in [0.2, 0.25) is 0 Å². The second kappa shape index (κ2) is 8.15. The van der Waals surface area contributed by atoms with Crippen molar-refractivity contribution in [3.8, 4) is 0 Å². The van der Waals surface area contributed by atoms with Gasteiger partial charge in [-0.25, -0.2) is 0 Å². The molecule has 0 atom stereocenters. The molecule has 0 spiro atoms. The molecule has 1 aliphatic heterocycles. The minimum absolute atomic E-state index is 0.129. The Hall–Kier alpha value is -1.39. The molecule has 1 amide bonds. The van der Waals surface area contributed by atoms with E-state index in [4.69, 9.17) is 5.73 Å². The number of carbonyl (C=O) groups excluding carboxylic acids is 1. The summed E-state index contributed by atoms with van der Waals surface area (Å²) < 4.78 is 0. The maximum atomic E-state index is 12.1. The highest BCUT2D eigenvalue weighted by Gasteiger charge is 2.19. The fraction of sp³-hybridized carbons (Fsp3) is 0.588. The average molecular weight is 289 g/mol. The van der Waals surface area contributed by atoms with Crippen molar-refractivity contribution in [1.82, 2.24) is 10.2 Å². The number of nitrogens with one attached hydrogen (secondary N) is 1. The first-order valence-corrected chi connectivity index (χ1v) is 8.01. The smallest absolute Gasteiger partial charge is 0.224 e. The lowest BCUT2D eigenvalue weighted by Gasteiger charge is -2.32. The minimum Gasteiger partial charge on any atom is -0.353 e. The van der Waals surface area contributed by atoms with Gasteiger partial charge in [0.15, 0.2) is 0 Å². The Morgan fingerprint density at radius 2 is 1.86 bits per heavy atom. The third kappa shape index (κ3) is 5.14. The Balaban J connectivity index is 1.74. The average Bonchev–Trinajstić information content (AvgIpc) is 2.50. The predicted molar refractivity (Wildman–Crippen MR) is 85.9 cm³/mol. The van der Waals surface area contributed by atoms with Crippen LogP contribution in [-0.2, 0) is 17.8 Å². The third-order valence-electron chi connectivity index (χ3n) is 4.12. The van der Waals surface area contributed by atoms with E-state index in [9.17, 15) is 4.79 Å². The van der Waals surface area contributed by atoms with Gasteiger partial charge in [-0.1, -0.05) is 31.2 Å². The van der Waals surface area contributed by atoms with Crippen LogP contribution in [0.3, 0.4) is 0 Å². The van der Waals surface area contributed by atoms with Crippen LogP contribution in [0.1, 0.15) is 37.3 Å². The van der Waals surface area contributed by atoms with Gasteiger partial charge in [0.25, 0.3) is 0 Å². The Kier molecular flexibility index (Phi) is 6.21. The molecule has 1 saturated heterocycles. The normalized spacial score (nSPS) is 16.9. The van der Waals surface area contributed by atoms with Gasteiger partial charge in [0.1, 0.15) is 0 Å². The van der Waals surface area contributed by atoms with E-state index in [0.29, 0.717) is 19.0 Å². The number of benzene rings is 1. The van der Waals surface area contributed by atoms with Crippen LogP contribution in [0, 0.1) is 0 Å². The summed E-state index contributed by atoms with van der Waals surface area (Å²) in [4.78, 5) is 14.6. The van der Waals surface area contributed by atoms with Gasteiger partial charge in [0.05, 0.1) is 6.42 Å². The quantitative estimate of drug-likeness (QED) is 0.837. The van der Waals surface area contributed by atoms with Crippen molar-refractivity contribution < 1.29 is 4.79 Å². The molecule has 0 saturated carbocycles. The fourth-order valence-electron chi connectivity index (χ4n) is 2.87. The van der Waals surface area contributed by atoms with Crippen LogP contribution >= 0.6 is 0 Å². The number of piperidine rings is 1. The second-order valence-electron chi connectivity index (χ2n) is 5.88. The van der Waals surface area contributed by atoms with E-state index >= 15 is 0 Å². The van der Waals surface area contributed by atoms with E-state index in [1.807, 2.05) is 24.3 Å². The van der Waals surface area contributed by atoms with Gasteiger partial charge >= 0.3 is 0 Å². The lowest BCUT2D eigenvalue weighted by atomic mass is 10.0. The molecular formula is C17H27N3O. The molecule has 0 radical (unpaired) electrons. The first kappa shape index (κ1) is 16.0. The van der Waals surface area contributed by atoms with Gasteiger partial charge in [0.2, 0.25) is 5.91 Å². The van der Waals surface area contributed by atoms with Gasteiger partial charge in [-0.2, -0.15) is 0 Å². The molecule has 1 aliphatic rings. The van der Waals surface area contributed by atoms with Crippen molar-refractivity contribution in [2.45, 2.75) is 45.2 Å². The largest absolute Gasteiger partial charge is 0.353 e. The third-order valence-corrected chi connectivity index (χ3v) is 4.12. The molecule has 1 heterocycles. The fourth-order valence-corrected chi connectivity index (χ4v) is 2.87. The summed E-state index contributed by atoms with van der Waals surface area (Å²) in [6, 6.07) is 8.31. The summed E-state index contributed by atoms with van der Waals surface area (Å²) >= 11 is 0. The molecule has 0 bridgehead atoms. The van der Waals surface area contributed by atoms with Gasteiger partial charge in [-0.15, -0.1) is 0 Å². The van der Waals surface area contributed by atoms with Gasteiger partial charge in [-0.3, -0.25) is 4.79 Å². The number of nitrogens with two attached hydrogens (primary N) is 1. The standard InChI is InChI=1S/C17H27N3O/c1-2-9-20-10-7-16(8-11-20)19-17(21)12-14-3-5-15(13-18)6-4-14/h3-6,16H,2,7-13,18H2,1H3,(H,19,21). The molecule has 0 unspecified atom stereocenters. The number of carbonyl (C=O) groups is 1. The molecule has 1 fully saturated rings. The molecule has 4 heteroatoms. The highest BCUT2D eigenvalue weighted by atomic mass is 16.1. The summed E-state index contributed by atoms with van der Waals surface area (Å²) in [6.07, 6.45) is 3.80. The van der Waals surface area contributed by atoms with Crippen LogP contribution in [0.5, 0.6) is 0 Å². The molecular weight excluding hydrogens is 262 g/mol. The molecule has 4 nitrogen and oxygen atoms in total. The molecule has 21 heavy (non-hydrogen) atoms. The monoisotopic (exact) mass is 289 g/mol. The number of hydrogen-bond acceptors (Lipinski definition) is 3. The van der Waals surface area contributed by atoms with Crippen molar-refractivity contribution in [1.29, 1.82) is 0 Å². The van der Waals surface area contributed by atoms with Crippen molar-refractivity contribution in [2.24, 2.45) is 5.73 Å². The maximum absolute atomic E-state index is 12.1. The minimum atomic E-state index is 0.129. The van der Waals surface area contributed by atoms with Crippen LogP contribution in [0.4, 0.5) is 0 Å².